The molecule has 0 aliphatic heterocycles. The molecule has 3 aromatic rings. The van der Waals surface area contributed by atoms with Gasteiger partial charge in [0.05, 0.1) is 12.3 Å². The highest BCUT2D eigenvalue weighted by Gasteiger charge is 2.15. The summed E-state index contributed by atoms with van der Waals surface area (Å²) in [5, 5.41) is 18.2. The Hall–Kier alpha value is -2.86. The van der Waals surface area contributed by atoms with Gasteiger partial charge in [-0.15, -0.1) is 5.10 Å². The highest BCUT2D eigenvalue weighted by molar-refractivity contribution is 5.60. The molecule has 0 aliphatic rings. The second kappa shape index (κ2) is 8.01. The molecule has 3 rings (SSSR count). The van der Waals surface area contributed by atoms with Gasteiger partial charge < -0.3 is 15.6 Å². The minimum Gasteiger partial charge on any atom is -0.494 e. The summed E-state index contributed by atoms with van der Waals surface area (Å²) < 4.78 is 7.25. The number of benzene rings is 2. The van der Waals surface area contributed by atoms with E-state index in [1.807, 2.05) is 36.4 Å². The zero-order valence-corrected chi connectivity index (χ0v) is 15.1. The number of ether oxygens (including phenoxy) is 1. The molecule has 0 unspecified atom stereocenters. The fourth-order valence-corrected chi connectivity index (χ4v) is 2.70. The summed E-state index contributed by atoms with van der Waals surface area (Å²) in [6.07, 6.45) is 0.810. The van der Waals surface area contributed by atoms with Crippen molar-refractivity contribution in [2.24, 2.45) is 5.73 Å². The predicted octanol–water partition coefficient (Wildman–Crippen LogP) is 3.49. The molecule has 3 N–H and O–H groups in total. The molecular formula is C20H24N4O2. The van der Waals surface area contributed by atoms with Gasteiger partial charge in [-0.25, -0.2) is 4.57 Å². The molecule has 6 nitrogen and oxygen atoms in total. The summed E-state index contributed by atoms with van der Waals surface area (Å²) in [6.45, 7) is 5.47. The molecule has 0 spiro atoms. The van der Waals surface area contributed by atoms with Crippen molar-refractivity contribution in [1.29, 1.82) is 0 Å². The first-order chi connectivity index (χ1) is 12.6. The first kappa shape index (κ1) is 17.9. The van der Waals surface area contributed by atoms with Gasteiger partial charge in [0, 0.05) is 5.56 Å². The zero-order chi connectivity index (χ0) is 18.5. The lowest BCUT2D eigenvalue weighted by molar-refractivity contribution is 0.313. The number of hydrogen-bond acceptors (Lipinski definition) is 5. The summed E-state index contributed by atoms with van der Waals surface area (Å²) in [4.78, 5) is 0. The van der Waals surface area contributed by atoms with Gasteiger partial charge in [0.2, 0.25) is 0 Å². The highest BCUT2D eigenvalue weighted by atomic mass is 16.5. The first-order valence-electron chi connectivity index (χ1n) is 8.78. The molecule has 1 aromatic heterocycles. The van der Waals surface area contributed by atoms with E-state index in [9.17, 15) is 5.11 Å². The second-order valence-electron chi connectivity index (χ2n) is 6.42. The lowest BCUT2D eigenvalue weighted by Gasteiger charge is -2.11. The molecular weight excluding hydrogens is 328 g/mol. The highest BCUT2D eigenvalue weighted by Crippen LogP contribution is 2.28. The van der Waals surface area contributed by atoms with E-state index < -0.39 is 0 Å². The summed E-state index contributed by atoms with van der Waals surface area (Å²) >= 11 is 0. The molecule has 0 bridgehead atoms. The van der Waals surface area contributed by atoms with Gasteiger partial charge >= 0.3 is 6.01 Å². The molecule has 0 atom stereocenters. The third kappa shape index (κ3) is 3.86. The second-order valence-corrected chi connectivity index (χ2v) is 6.42. The minimum atomic E-state index is -0.147. The van der Waals surface area contributed by atoms with E-state index in [0.29, 0.717) is 24.9 Å². The van der Waals surface area contributed by atoms with Gasteiger partial charge in [0.15, 0.2) is 5.82 Å². The van der Waals surface area contributed by atoms with E-state index in [1.165, 1.54) is 5.56 Å². The average Bonchev–Trinajstić information content (AvgIpc) is 3.04. The van der Waals surface area contributed by atoms with Gasteiger partial charge in [0.1, 0.15) is 5.75 Å². The number of nitrogens with zero attached hydrogens (tertiary/aromatic N) is 3. The lowest BCUT2D eigenvalue weighted by atomic mass is 10.0. The maximum Gasteiger partial charge on any atom is 0.319 e. The van der Waals surface area contributed by atoms with Gasteiger partial charge in [0.25, 0.3) is 0 Å². The molecule has 26 heavy (non-hydrogen) atoms. The number of rotatable bonds is 7. The molecule has 1 heterocycles. The van der Waals surface area contributed by atoms with Crippen LogP contribution in [-0.4, -0.2) is 33.0 Å². The van der Waals surface area contributed by atoms with Crippen molar-refractivity contribution in [1.82, 2.24) is 14.8 Å². The Bertz CT molecular complexity index is 857. The molecule has 0 saturated carbocycles. The zero-order valence-electron chi connectivity index (χ0n) is 15.1. The molecule has 0 aliphatic carbocycles. The Labute approximate surface area is 153 Å². The van der Waals surface area contributed by atoms with Crippen LogP contribution in [0.15, 0.2) is 48.5 Å². The van der Waals surface area contributed by atoms with E-state index in [-0.39, 0.29) is 6.01 Å². The Morgan fingerprint density at radius 2 is 1.88 bits per heavy atom. The molecule has 0 saturated heterocycles. The third-order valence-corrected chi connectivity index (χ3v) is 4.17. The number of hydrogen-bond donors (Lipinski definition) is 2. The van der Waals surface area contributed by atoms with Crippen molar-refractivity contribution in [3.8, 4) is 28.8 Å². The van der Waals surface area contributed by atoms with E-state index in [4.69, 9.17) is 10.5 Å². The smallest absolute Gasteiger partial charge is 0.319 e. The fraction of sp³-hybridized carbons (Fsp3) is 0.300. The molecule has 2 aromatic carbocycles. The average molecular weight is 352 g/mol. The molecule has 0 radical (unpaired) electrons. The third-order valence-electron chi connectivity index (χ3n) is 4.17. The van der Waals surface area contributed by atoms with E-state index >= 15 is 0 Å². The Morgan fingerprint density at radius 3 is 2.58 bits per heavy atom. The van der Waals surface area contributed by atoms with Crippen molar-refractivity contribution in [3.05, 3.63) is 54.1 Å². The van der Waals surface area contributed by atoms with Crippen LogP contribution in [0.2, 0.25) is 0 Å². The summed E-state index contributed by atoms with van der Waals surface area (Å²) in [5.41, 5.74) is 8.36. The minimum absolute atomic E-state index is 0.147. The van der Waals surface area contributed by atoms with Crippen LogP contribution < -0.4 is 10.5 Å². The van der Waals surface area contributed by atoms with Crippen molar-refractivity contribution in [2.45, 2.75) is 26.2 Å². The maximum absolute atomic E-state index is 10.2. The number of aromatic hydroxyl groups is 1. The number of nitrogens with two attached hydrogens (primary N) is 1. The summed E-state index contributed by atoms with van der Waals surface area (Å²) in [5.74, 6) is 1.77. The van der Waals surface area contributed by atoms with Crippen molar-refractivity contribution >= 4 is 0 Å². The standard InChI is InChI=1S/C20H24N4O2/c1-14(2)15-5-3-6-16(13-15)19-22-23-20(25)24(19)17-7-9-18(10-8-17)26-12-4-11-21/h3,5-10,13-14H,4,11-12,21H2,1-2H3,(H,23,25). The van der Waals surface area contributed by atoms with E-state index in [1.54, 1.807) is 4.57 Å². The largest absolute Gasteiger partial charge is 0.494 e. The van der Waals surface area contributed by atoms with E-state index in [2.05, 4.69) is 36.2 Å². The van der Waals surface area contributed by atoms with E-state index in [0.717, 1.165) is 23.4 Å². The van der Waals surface area contributed by atoms with Crippen LogP contribution in [0.3, 0.4) is 0 Å². The monoisotopic (exact) mass is 352 g/mol. The van der Waals surface area contributed by atoms with Crippen LogP contribution in [0.25, 0.3) is 17.1 Å². The quantitative estimate of drug-likeness (QED) is 0.636. The topological polar surface area (TPSA) is 86.2 Å². The van der Waals surface area contributed by atoms with Gasteiger partial charge in [-0.05, 0) is 54.8 Å². The van der Waals surface area contributed by atoms with Crippen LogP contribution in [0.1, 0.15) is 31.7 Å². The van der Waals surface area contributed by atoms with Crippen LogP contribution >= 0.6 is 0 Å². The Morgan fingerprint density at radius 1 is 1.12 bits per heavy atom. The van der Waals surface area contributed by atoms with Crippen LogP contribution in [-0.2, 0) is 0 Å². The Kier molecular flexibility index (Phi) is 5.53. The molecule has 0 fully saturated rings. The summed E-state index contributed by atoms with van der Waals surface area (Å²) in [7, 11) is 0. The van der Waals surface area contributed by atoms with Crippen LogP contribution in [0, 0.1) is 0 Å². The van der Waals surface area contributed by atoms with Gasteiger partial charge in [-0.2, -0.15) is 0 Å². The van der Waals surface area contributed by atoms with Crippen molar-refractivity contribution in [3.63, 3.8) is 0 Å². The molecule has 6 heteroatoms. The molecule has 0 amide bonds. The normalized spacial score (nSPS) is 11.1. The predicted molar refractivity (Wildman–Crippen MR) is 102 cm³/mol. The maximum atomic E-state index is 10.2. The number of aromatic nitrogens is 3. The lowest BCUT2D eigenvalue weighted by Crippen LogP contribution is -2.06. The van der Waals surface area contributed by atoms with Crippen LogP contribution in [0.5, 0.6) is 11.8 Å². The SMILES string of the molecule is CC(C)c1cccc(-c2nnc(O)n2-c2ccc(OCCCN)cc2)c1. The summed E-state index contributed by atoms with van der Waals surface area (Å²) in [6, 6.07) is 15.4. The first-order valence-corrected chi connectivity index (χ1v) is 8.78. The van der Waals surface area contributed by atoms with Crippen molar-refractivity contribution in [2.75, 3.05) is 13.2 Å². The van der Waals surface area contributed by atoms with Crippen LogP contribution in [0.4, 0.5) is 0 Å². The fourth-order valence-electron chi connectivity index (χ4n) is 2.70. The van der Waals surface area contributed by atoms with Gasteiger partial charge in [-0.3, -0.25) is 0 Å². The van der Waals surface area contributed by atoms with Crippen molar-refractivity contribution < 1.29 is 9.84 Å². The molecule has 136 valence electrons. The van der Waals surface area contributed by atoms with Gasteiger partial charge in [-0.1, -0.05) is 37.1 Å². The Balaban J connectivity index is 1.92.